The number of anilines is 2. The SMILES string of the molecule is N#Cc1c(N)nsc1NCCc1ccc(Br)s1. The van der Waals surface area contributed by atoms with Crippen molar-refractivity contribution in [1.82, 2.24) is 4.37 Å². The molecule has 7 heteroatoms. The lowest BCUT2D eigenvalue weighted by Crippen LogP contribution is -2.03. The number of hydrogen-bond acceptors (Lipinski definition) is 6. The normalized spacial score (nSPS) is 10.1. The molecule has 0 saturated carbocycles. The molecular formula is C10H9BrN4S2. The van der Waals surface area contributed by atoms with Crippen LogP contribution in [-0.4, -0.2) is 10.9 Å². The number of thiophene rings is 1. The highest BCUT2D eigenvalue weighted by atomic mass is 79.9. The van der Waals surface area contributed by atoms with Crippen LogP contribution in [-0.2, 0) is 6.42 Å². The van der Waals surface area contributed by atoms with Gasteiger partial charge < -0.3 is 11.1 Å². The molecule has 0 atom stereocenters. The van der Waals surface area contributed by atoms with E-state index in [9.17, 15) is 0 Å². The molecule has 2 rings (SSSR count). The molecule has 4 nitrogen and oxygen atoms in total. The van der Waals surface area contributed by atoms with Crippen LogP contribution >= 0.6 is 38.8 Å². The lowest BCUT2D eigenvalue weighted by molar-refractivity contribution is 1.05. The first-order valence-corrected chi connectivity index (χ1v) is 7.22. The van der Waals surface area contributed by atoms with Gasteiger partial charge in [0.15, 0.2) is 5.82 Å². The summed E-state index contributed by atoms with van der Waals surface area (Å²) in [6, 6.07) is 6.17. The monoisotopic (exact) mass is 328 g/mol. The van der Waals surface area contributed by atoms with Crippen LogP contribution in [0.2, 0.25) is 0 Å². The molecule has 0 saturated heterocycles. The topological polar surface area (TPSA) is 74.7 Å². The van der Waals surface area contributed by atoms with Crippen molar-refractivity contribution in [3.05, 3.63) is 26.4 Å². The summed E-state index contributed by atoms with van der Waals surface area (Å²) in [5, 5.41) is 12.8. The first-order valence-electron chi connectivity index (χ1n) is 4.84. The van der Waals surface area contributed by atoms with Crippen LogP contribution in [0, 0.1) is 11.3 Å². The van der Waals surface area contributed by atoms with Gasteiger partial charge in [0.05, 0.1) is 3.79 Å². The second kappa shape index (κ2) is 5.49. The maximum Gasteiger partial charge on any atom is 0.157 e. The Hall–Kier alpha value is -1.10. The first kappa shape index (κ1) is 12.4. The minimum atomic E-state index is 0.305. The average molecular weight is 329 g/mol. The molecular weight excluding hydrogens is 320 g/mol. The van der Waals surface area contributed by atoms with Crippen LogP contribution in [0.4, 0.5) is 10.8 Å². The van der Waals surface area contributed by atoms with E-state index in [0.717, 1.165) is 21.8 Å². The van der Waals surface area contributed by atoms with Crippen LogP contribution in [0.5, 0.6) is 0 Å². The Balaban J connectivity index is 1.92. The summed E-state index contributed by atoms with van der Waals surface area (Å²) in [4.78, 5) is 1.29. The number of nitrogen functional groups attached to an aromatic ring is 1. The molecule has 2 aromatic rings. The van der Waals surface area contributed by atoms with E-state index in [-0.39, 0.29) is 0 Å². The minimum absolute atomic E-state index is 0.305. The van der Waals surface area contributed by atoms with Gasteiger partial charge in [0.2, 0.25) is 0 Å². The molecule has 0 fully saturated rings. The van der Waals surface area contributed by atoms with Crippen molar-refractivity contribution in [3.8, 4) is 6.07 Å². The quantitative estimate of drug-likeness (QED) is 0.904. The zero-order valence-electron chi connectivity index (χ0n) is 8.74. The molecule has 3 N–H and O–H groups in total. The van der Waals surface area contributed by atoms with Crippen molar-refractivity contribution >= 4 is 49.6 Å². The van der Waals surface area contributed by atoms with Crippen molar-refractivity contribution in [2.45, 2.75) is 6.42 Å². The zero-order chi connectivity index (χ0) is 12.3. The van der Waals surface area contributed by atoms with Crippen molar-refractivity contribution in [3.63, 3.8) is 0 Å². The summed E-state index contributed by atoms with van der Waals surface area (Å²) >= 11 is 6.37. The predicted molar refractivity (Wildman–Crippen MR) is 75.5 cm³/mol. The third-order valence-electron chi connectivity index (χ3n) is 2.12. The highest BCUT2D eigenvalue weighted by Crippen LogP contribution is 2.26. The van der Waals surface area contributed by atoms with E-state index in [1.54, 1.807) is 11.3 Å². The van der Waals surface area contributed by atoms with E-state index in [1.807, 2.05) is 6.07 Å². The molecule has 0 unspecified atom stereocenters. The fraction of sp³-hybridized carbons (Fsp3) is 0.200. The van der Waals surface area contributed by atoms with Gasteiger partial charge >= 0.3 is 0 Å². The molecule has 0 radical (unpaired) electrons. The van der Waals surface area contributed by atoms with Crippen molar-refractivity contribution < 1.29 is 0 Å². The molecule has 0 spiro atoms. The largest absolute Gasteiger partial charge is 0.382 e. The fourth-order valence-corrected chi connectivity index (χ4v) is 3.49. The molecule has 0 amide bonds. The third-order valence-corrected chi connectivity index (χ3v) is 4.62. The molecule has 2 heterocycles. The molecule has 88 valence electrons. The van der Waals surface area contributed by atoms with Gasteiger partial charge in [0.25, 0.3) is 0 Å². The Kier molecular flexibility index (Phi) is 3.99. The van der Waals surface area contributed by atoms with E-state index in [4.69, 9.17) is 11.0 Å². The molecule has 0 aliphatic rings. The maximum absolute atomic E-state index is 8.90. The lowest BCUT2D eigenvalue weighted by Gasteiger charge is -2.01. The Morgan fingerprint density at radius 1 is 1.53 bits per heavy atom. The van der Waals surface area contributed by atoms with Gasteiger partial charge in [-0.25, -0.2) is 0 Å². The van der Waals surface area contributed by atoms with Gasteiger partial charge in [-0.3, -0.25) is 0 Å². The van der Waals surface area contributed by atoms with Gasteiger partial charge in [0, 0.05) is 11.4 Å². The average Bonchev–Trinajstić information content (AvgIpc) is 2.86. The molecule has 0 bridgehead atoms. The minimum Gasteiger partial charge on any atom is -0.382 e. The highest BCUT2D eigenvalue weighted by Gasteiger charge is 2.10. The van der Waals surface area contributed by atoms with Crippen LogP contribution in [0.1, 0.15) is 10.4 Å². The predicted octanol–water partition coefficient (Wildman–Crippen LogP) is 3.08. The Labute approximate surface area is 115 Å². The second-order valence-electron chi connectivity index (χ2n) is 3.27. The van der Waals surface area contributed by atoms with Crippen LogP contribution in [0.3, 0.4) is 0 Å². The number of rotatable bonds is 4. The van der Waals surface area contributed by atoms with Crippen molar-refractivity contribution in [2.75, 3.05) is 17.6 Å². The number of nitriles is 1. The summed E-state index contributed by atoms with van der Waals surface area (Å²) in [6.45, 7) is 0.767. The van der Waals surface area contributed by atoms with E-state index in [0.29, 0.717) is 11.4 Å². The van der Waals surface area contributed by atoms with E-state index < -0.39 is 0 Å². The number of hydrogen-bond donors (Lipinski definition) is 2. The zero-order valence-corrected chi connectivity index (χ0v) is 12.0. The highest BCUT2D eigenvalue weighted by molar-refractivity contribution is 9.11. The number of nitrogens with two attached hydrogens (primary N) is 1. The number of nitrogens with one attached hydrogen (secondary N) is 1. The first-order chi connectivity index (χ1) is 8.20. The lowest BCUT2D eigenvalue weighted by atomic mass is 10.3. The second-order valence-corrected chi connectivity index (χ2v) is 6.59. The van der Waals surface area contributed by atoms with E-state index in [2.05, 4.69) is 37.8 Å². The van der Waals surface area contributed by atoms with Crippen LogP contribution < -0.4 is 11.1 Å². The van der Waals surface area contributed by atoms with Crippen LogP contribution in [0.15, 0.2) is 15.9 Å². The Morgan fingerprint density at radius 3 is 3.00 bits per heavy atom. The fourth-order valence-electron chi connectivity index (χ4n) is 1.32. The van der Waals surface area contributed by atoms with Gasteiger partial charge in [-0.2, -0.15) is 9.64 Å². The van der Waals surface area contributed by atoms with E-state index >= 15 is 0 Å². The van der Waals surface area contributed by atoms with Gasteiger partial charge in [-0.15, -0.1) is 11.3 Å². The molecule has 0 aromatic carbocycles. The Bertz CT molecular complexity index is 555. The number of halogens is 1. The molecule has 0 aliphatic carbocycles. The maximum atomic E-state index is 8.90. The van der Waals surface area contributed by atoms with Gasteiger partial charge in [0.1, 0.15) is 16.6 Å². The summed E-state index contributed by atoms with van der Waals surface area (Å²) in [5.74, 6) is 0.305. The molecule has 17 heavy (non-hydrogen) atoms. The van der Waals surface area contributed by atoms with Gasteiger partial charge in [-0.1, -0.05) is 0 Å². The number of aromatic nitrogens is 1. The van der Waals surface area contributed by atoms with Crippen LogP contribution in [0.25, 0.3) is 0 Å². The summed E-state index contributed by atoms with van der Waals surface area (Å²) in [6.07, 6.45) is 0.916. The standard InChI is InChI=1S/C10H9BrN4S2/c11-8-2-1-6(16-8)3-4-14-10-7(5-12)9(13)15-17-10/h1-2,14H,3-4H2,(H2,13,15). The molecule has 0 aliphatic heterocycles. The number of nitrogens with zero attached hydrogens (tertiary/aromatic N) is 2. The summed E-state index contributed by atoms with van der Waals surface area (Å²) < 4.78 is 5.08. The summed E-state index contributed by atoms with van der Waals surface area (Å²) in [5.41, 5.74) is 6.02. The van der Waals surface area contributed by atoms with E-state index in [1.165, 1.54) is 16.4 Å². The smallest absolute Gasteiger partial charge is 0.157 e. The summed E-state index contributed by atoms with van der Waals surface area (Å²) in [7, 11) is 0. The van der Waals surface area contributed by atoms with Crippen molar-refractivity contribution in [2.24, 2.45) is 0 Å². The van der Waals surface area contributed by atoms with Crippen molar-refractivity contribution in [1.29, 1.82) is 5.26 Å². The third kappa shape index (κ3) is 2.97. The Morgan fingerprint density at radius 2 is 2.35 bits per heavy atom. The molecule has 2 aromatic heterocycles. The van der Waals surface area contributed by atoms with Gasteiger partial charge in [-0.05, 0) is 46.0 Å².